The largest absolute Gasteiger partial charge is 0.493 e. The first-order valence-electron chi connectivity index (χ1n) is 9.70. The molecule has 0 radical (unpaired) electrons. The van der Waals surface area contributed by atoms with Gasteiger partial charge in [0.15, 0.2) is 12.3 Å². The van der Waals surface area contributed by atoms with Crippen LogP contribution in [0.5, 0.6) is 11.6 Å². The van der Waals surface area contributed by atoms with Crippen molar-refractivity contribution in [1.82, 2.24) is 4.57 Å². The minimum Gasteiger partial charge on any atom is -0.493 e. The summed E-state index contributed by atoms with van der Waals surface area (Å²) >= 11 is 3.45. The summed E-state index contributed by atoms with van der Waals surface area (Å²) in [7, 11) is 0. The van der Waals surface area contributed by atoms with Crippen LogP contribution in [0.4, 0.5) is 5.69 Å². The minimum absolute atomic E-state index is 0.0482. The van der Waals surface area contributed by atoms with Crippen molar-refractivity contribution in [2.75, 3.05) is 6.61 Å². The first-order valence-corrected chi connectivity index (χ1v) is 10.5. The van der Waals surface area contributed by atoms with E-state index in [0.717, 1.165) is 21.1 Å². The van der Waals surface area contributed by atoms with Crippen LogP contribution in [-0.4, -0.2) is 22.2 Å². The Bertz CT molecular complexity index is 1250. The first kappa shape index (κ1) is 20.8. The lowest BCUT2D eigenvalue weighted by molar-refractivity contribution is -0.120. The molecule has 1 aromatic heterocycles. The summed E-state index contributed by atoms with van der Waals surface area (Å²) in [6.45, 7) is 2.20. The molecule has 6 nitrogen and oxygen atoms in total. The number of benzene rings is 3. The van der Waals surface area contributed by atoms with Gasteiger partial charge < -0.3 is 14.4 Å². The molecule has 0 aliphatic rings. The lowest BCUT2D eigenvalue weighted by Crippen LogP contribution is -2.07. The SMILES string of the molecule is Cc1ccc(OCC(=O)N=Nc2c(O)n(Cc3ccccc3)c3ccc(Br)cc23)cc1. The molecule has 7 heteroatoms. The van der Waals surface area contributed by atoms with Gasteiger partial charge in [-0.2, -0.15) is 0 Å². The molecule has 1 heterocycles. The summed E-state index contributed by atoms with van der Waals surface area (Å²) in [4.78, 5) is 12.2. The highest BCUT2D eigenvalue weighted by Crippen LogP contribution is 2.40. The van der Waals surface area contributed by atoms with Crippen molar-refractivity contribution in [3.63, 3.8) is 0 Å². The topological polar surface area (TPSA) is 76.2 Å². The summed E-state index contributed by atoms with van der Waals surface area (Å²) < 4.78 is 8.04. The predicted molar refractivity (Wildman–Crippen MR) is 123 cm³/mol. The Kier molecular flexibility index (Phi) is 6.13. The zero-order chi connectivity index (χ0) is 21.8. The lowest BCUT2D eigenvalue weighted by Gasteiger charge is -2.07. The standard InChI is InChI=1S/C24H20BrN3O3/c1-16-7-10-19(11-8-16)31-15-22(29)26-27-23-20-13-18(25)9-12-21(20)28(24(23)30)14-17-5-3-2-4-6-17/h2-13,30H,14-15H2,1H3. The number of hydrogen-bond acceptors (Lipinski definition) is 4. The normalized spacial score (nSPS) is 11.3. The summed E-state index contributed by atoms with van der Waals surface area (Å²) in [5.41, 5.74) is 3.17. The van der Waals surface area contributed by atoms with Gasteiger partial charge in [0.1, 0.15) is 5.75 Å². The van der Waals surface area contributed by atoms with Crippen LogP contribution in [0.15, 0.2) is 87.5 Å². The number of fused-ring (bicyclic) bond motifs is 1. The van der Waals surface area contributed by atoms with E-state index in [4.69, 9.17) is 4.74 Å². The second-order valence-corrected chi connectivity index (χ2v) is 8.02. The molecule has 1 amide bonds. The van der Waals surface area contributed by atoms with E-state index in [1.165, 1.54) is 0 Å². The van der Waals surface area contributed by atoms with Gasteiger partial charge in [-0.25, -0.2) is 0 Å². The molecule has 0 saturated carbocycles. The van der Waals surface area contributed by atoms with Gasteiger partial charge in [0.05, 0.1) is 12.1 Å². The Morgan fingerprint density at radius 3 is 2.55 bits per heavy atom. The Morgan fingerprint density at radius 2 is 1.81 bits per heavy atom. The van der Waals surface area contributed by atoms with Crippen LogP contribution < -0.4 is 4.74 Å². The second-order valence-electron chi connectivity index (χ2n) is 7.10. The fraction of sp³-hybridized carbons (Fsp3) is 0.125. The van der Waals surface area contributed by atoms with E-state index in [9.17, 15) is 9.90 Å². The summed E-state index contributed by atoms with van der Waals surface area (Å²) in [6, 6.07) is 22.8. The molecule has 0 saturated heterocycles. The van der Waals surface area contributed by atoms with Crippen molar-refractivity contribution >= 4 is 38.4 Å². The van der Waals surface area contributed by atoms with Crippen molar-refractivity contribution in [2.24, 2.45) is 10.2 Å². The number of rotatable bonds is 6. The van der Waals surface area contributed by atoms with Crippen LogP contribution in [0.1, 0.15) is 11.1 Å². The molecule has 0 atom stereocenters. The highest BCUT2D eigenvalue weighted by Gasteiger charge is 2.18. The average molecular weight is 478 g/mol. The van der Waals surface area contributed by atoms with Gasteiger partial charge >= 0.3 is 5.91 Å². The van der Waals surface area contributed by atoms with Gasteiger partial charge in [0.2, 0.25) is 5.88 Å². The molecular weight excluding hydrogens is 458 g/mol. The van der Waals surface area contributed by atoms with Gasteiger partial charge in [-0.15, -0.1) is 10.2 Å². The number of ether oxygens (including phenoxy) is 1. The number of carbonyl (C=O) groups is 1. The van der Waals surface area contributed by atoms with Crippen molar-refractivity contribution in [3.8, 4) is 11.6 Å². The Hall–Kier alpha value is -3.45. The maximum Gasteiger partial charge on any atom is 0.302 e. The monoisotopic (exact) mass is 477 g/mol. The number of hydrogen-bond donors (Lipinski definition) is 1. The van der Waals surface area contributed by atoms with Crippen molar-refractivity contribution in [3.05, 3.63) is 88.4 Å². The van der Waals surface area contributed by atoms with Crippen LogP contribution in [0.3, 0.4) is 0 Å². The Balaban J connectivity index is 1.59. The van der Waals surface area contributed by atoms with Crippen LogP contribution in [0.2, 0.25) is 0 Å². The Labute approximate surface area is 187 Å². The quantitative estimate of drug-likeness (QED) is 0.338. The van der Waals surface area contributed by atoms with E-state index in [-0.39, 0.29) is 18.2 Å². The third-order valence-electron chi connectivity index (χ3n) is 4.80. The number of halogens is 1. The van der Waals surface area contributed by atoms with Crippen molar-refractivity contribution in [2.45, 2.75) is 13.5 Å². The molecule has 3 aromatic carbocycles. The summed E-state index contributed by atoms with van der Waals surface area (Å²) in [5.74, 6) is -0.00715. The van der Waals surface area contributed by atoms with Crippen LogP contribution in [0, 0.1) is 6.92 Å². The molecule has 1 N–H and O–H groups in total. The van der Waals surface area contributed by atoms with E-state index in [1.54, 1.807) is 16.7 Å². The van der Waals surface area contributed by atoms with E-state index in [2.05, 4.69) is 26.2 Å². The first-order chi connectivity index (χ1) is 15.0. The molecule has 0 aliphatic heterocycles. The minimum atomic E-state index is -0.543. The zero-order valence-electron chi connectivity index (χ0n) is 16.8. The third-order valence-corrected chi connectivity index (χ3v) is 5.29. The number of aryl methyl sites for hydroxylation is 1. The van der Waals surface area contributed by atoms with Crippen LogP contribution in [-0.2, 0) is 11.3 Å². The van der Waals surface area contributed by atoms with Gasteiger partial charge in [0, 0.05) is 9.86 Å². The van der Waals surface area contributed by atoms with E-state index >= 15 is 0 Å². The molecule has 31 heavy (non-hydrogen) atoms. The van der Waals surface area contributed by atoms with E-state index in [1.807, 2.05) is 67.6 Å². The molecular formula is C24H20BrN3O3. The van der Waals surface area contributed by atoms with Crippen LogP contribution in [0.25, 0.3) is 10.9 Å². The number of amides is 1. The lowest BCUT2D eigenvalue weighted by atomic mass is 10.2. The maximum atomic E-state index is 12.2. The summed E-state index contributed by atoms with van der Waals surface area (Å²) in [5, 5.41) is 19.4. The predicted octanol–water partition coefficient (Wildman–Crippen LogP) is 6.16. The number of nitrogens with zero attached hydrogens (tertiary/aromatic N) is 3. The number of aromatic nitrogens is 1. The fourth-order valence-corrected chi connectivity index (χ4v) is 3.60. The number of aromatic hydroxyl groups is 1. The van der Waals surface area contributed by atoms with Gasteiger partial charge in [-0.05, 0) is 42.8 Å². The molecule has 4 rings (SSSR count). The van der Waals surface area contributed by atoms with Crippen molar-refractivity contribution < 1.29 is 14.6 Å². The zero-order valence-corrected chi connectivity index (χ0v) is 18.4. The second kappa shape index (κ2) is 9.14. The smallest absolute Gasteiger partial charge is 0.302 e. The van der Waals surface area contributed by atoms with Crippen LogP contribution >= 0.6 is 15.9 Å². The third kappa shape index (κ3) is 4.83. The van der Waals surface area contributed by atoms with Gasteiger partial charge in [-0.3, -0.25) is 4.79 Å². The highest BCUT2D eigenvalue weighted by molar-refractivity contribution is 9.10. The molecule has 0 spiro atoms. The highest BCUT2D eigenvalue weighted by atomic mass is 79.9. The van der Waals surface area contributed by atoms with Gasteiger partial charge in [0.25, 0.3) is 0 Å². The molecule has 4 aromatic rings. The van der Waals surface area contributed by atoms with E-state index < -0.39 is 5.91 Å². The molecule has 0 unspecified atom stereocenters. The summed E-state index contributed by atoms with van der Waals surface area (Å²) in [6.07, 6.45) is 0. The van der Waals surface area contributed by atoms with Crippen molar-refractivity contribution in [1.29, 1.82) is 0 Å². The number of azo groups is 1. The molecule has 0 bridgehead atoms. The maximum absolute atomic E-state index is 12.2. The fourth-order valence-electron chi connectivity index (χ4n) is 3.23. The Morgan fingerprint density at radius 1 is 1.06 bits per heavy atom. The molecule has 0 fully saturated rings. The van der Waals surface area contributed by atoms with E-state index in [0.29, 0.717) is 17.7 Å². The van der Waals surface area contributed by atoms with Gasteiger partial charge in [-0.1, -0.05) is 64.0 Å². The average Bonchev–Trinajstić information content (AvgIpc) is 3.02. The number of carbonyl (C=O) groups excluding carboxylic acids is 1. The molecule has 0 aliphatic carbocycles. The molecule has 156 valence electrons.